The number of hydrogen-bond acceptors (Lipinski definition) is 3. The number of nitroso groups, excluding NO2 is 1. The van der Waals surface area contributed by atoms with Gasteiger partial charge in [0.25, 0.3) is 5.91 Å². The molecule has 0 radical (unpaired) electrons. The average Bonchev–Trinajstić information content (AvgIpc) is 2.43. The lowest BCUT2D eigenvalue weighted by atomic mass is 10.1. The fraction of sp³-hybridized carbons (Fsp3) is 0.500. The Morgan fingerprint density at radius 2 is 1.68 bits per heavy atom. The smallest absolute Gasteiger partial charge is 0.269 e. The van der Waals surface area contributed by atoms with E-state index < -0.39 is 5.91 Å². The molecule has 1 aromatic carbocycles. The van der Waals surface area contributed by atoms with E-state index in [-0.39, 0.29) is 0 Å². The predicted molar refractivity (Wildman–Crippen MR) is 80.7 cm³/mol. The zero-order chi connectivity index (χ0) is 13.9. The first-order valence-corrected chi connectivity index (χ1v) is 7.83. The Balaban J connectivity index is 1.95. The van der Waals surface area contributed by atoms with Crippen LogP contribution in [0.3, 0.4) is 0 Å². The van der Waals surface area contributed by atoms with Gasteiger partial charge in [0.2, 0.25) is 0 Å². The van der Waals surface area contributed by atoms with Crippen LogP contribution < -0.4 is 0 Å². The maximum atomic E-state index is 10.6. The van der Waals surface area contributed by atoms with Gasteiger partial charge in [-0.05, 0) is 42.9 Å². The minimum absolute atomic E-state index is 0.295. The van der Waals surface area contributed by atoms with Gasteiger partial charge in [0, 0.05) is 21.5 Å². The lowest BCUT2D eigenvalue weighted by Crippen LogP contribution is -1.91. The number of amides is 1. The number of carbonyl (C=O) groups excluding carboxylic acids is 1. The van der Waals surface area contributed by atoms with Crippen LogP contribution in [-0.2, 0) is 4.79 Å². The second-order valence-corrected chi connectivity index (χ2v) is 5.91. The maximum absolute atomic E-state index is 10.6. The molecule has 0 atom stereocenters. The zero-order valence-electron chi connectivity index (χ0n) is 10.8. The Morgan fingerprint density at radius 1 is 1.05 bits per heavy atom. The summed E-state index contributed by atoms with van der Waals surface area (Å²) in [6.45, 7) is 0. The number of benzene rings is 1. The van der Waals surface area contributed by atoms with E-state index in [1.54, 1.807) is 0 Å². The summed E-state index contributed by atoms with van der Waals surface area (Å²) in [7, 11) is 0. The summed E-state index contributed by atoms with van der Waals surface area (Å²) in [6.07, 6.45) is 5.48. The van der Waals surface area contributed by atoms with E-state index in [2.05, 4.69) is 5.18 Å². The van der Waals surface area contributed by atoms with E-state index in [9.17, 15) is 9.70 Å². The van der Waals surface area contributed by atoms with Gasteiger partial charge in [-0.25, -0.2) is 0 Å². The van der Waals surface area contributed by atoms with Gasteiger partial charge in [-0.2, -0.15) is 0 Å². The van der Waals surface area contributed by atoms with E-state index in [1.165, 1.54) is 4.90 Å². The molecule has 1 amide bonds. The molecule has 0 aliphatic rings. The third-order valence-electron chi connectivity index (χ3n) is 2.72. The van der Waals surface area contributed by atoms with Crippen molar-refractivity contribution in [1.29, 1.82) is 0 Å². The first-order valence-electron chi connectivity index (χ1n) is 6.47. The van der Waals surface area contributed by atoms with Crippen LogP contribution in [0.15, 0.2) is 34.3 Å². The highest BCUT2D eigenvalue weighted by atomic mass is 35.5. The molecule has 5 heteroatoms. The number of carbonyl (C=O) groups is 1. The van der Waals surface area contributed by atoms with Gasteiger partial charge in [0.15, 0.2) is 0 Å². The summed E-state index contributed by atoms with van der Waals surface area (Å²) in [5.41, 5.74) is 0. The van der Waals surface area contributed by atoms with Crippen LogP contribution in [0.5, 0.6) is 0 Å². The number of unbranched alkanes of at least 4 members (excludes halogenated alkanes) is 4. The molecule has 0 unspecified atom stereocenters. The second kappa shape index (κ2) is 9.98. The molecule has 0 aliphatic heterocycles. The first-order chi connectivity index (χ1) is 9.22. The largest absolute Gasteiger partial charge is 0.286 e. The SMILES string of the molecule is O=NC(=O)CCCCCCCSc1ccc(Cl)cc1. The van der Waals surface area contributed by atoms with E-state index in [4.69, 9.17) is 11.6 Å². The van der Waals surface area contributed by atoms with Gasteiger partial charge in [0.05, 0.1) is 0 Å². The van der Waals surface area contributed by atoms with Gasteiger partial charge in [-0.3, -0.25) is 4.79 Å². The molecule has 1 aromatic rings. The summed E-state index contributed by atoms with van der Waals surface area (Å²) >= 11 is 7.65. The van der Waals surface area contributed by atoms with Crippen molar-refractivity contribution in [2.45, 2.75) is 43.4 Å². The Kier molecular flexibility index (Phi) is 8.50. The highest BCUT2D eigenvalue weighted by Gasteiger charge is 2.00. The molecule has 0 aromatic heterocycles. The van der Waals surface area contributed by atoms with Crippen LogP contribution >= 0.6 is 23.4 Å². The van der Waals surface area contributed by atoms with Gasteiger partial charge in [-0.15, -0.1) is 16.7 Å². The van der Waals surface area contributed by atoms with Crippen LogP contribution in [0, 0.1) is 4.91 Å². The number of hydrogen-bond donors (Lipinski definition) is 0. The standard InChI is InChI=1S/C14H18ClNO2S/c15-12-7-9-13(10-8-12)19-11-5-3-1-2-4-6-14(17)16-18/h7-10H,1-6,11H2. The van der Waals surface area contributed by atoms with E-state index >= 15 is 0 Å². The Hall–Kier alpha value is -0.870. The Bertz CT molecular complexity index is 395. The van der Waals surface area contributed by atoms with Gasteiger partial charge >= 0.3 is 0 Å². The molecule has 0 aliphatic carbocycles. The normalized spacial score (nSPS) is 10.4. The quantitative estimate of drug-likeness (QED) is 0.363. The third kappa shape index (κ3) is 8.01. The van der Waals surface area contributed by atoms with Crippen LogP contribution in [0.4, 0.5) is 0 Å². The fourth-order valence-corrected chi connectivity index (χ4v) is 2.71. The van der Waals surface area contributed by atoms with Gasteiger partial charge in [0.1, 0.15) is 0 Å². The molecule has 0 N–H and O–H groups in total. The molecule has 3 nitrogen and oxygen atoms in total. The summed E-state index contributed by atoms with van der Waals surface area (Å²) in [6, 6.07) is 7.88. The van der Waals surface area contributed by atoms with Crippen molar-refractivity contribution in [2.75, 3.05) is 5.75 Å². The highest BCUT2D eigenvalue weighted by molar-refractivity contribution is 7.99. The maximum Gasteiger partial charge on any atom is 0.286 e. The topological polar surface area (TPSA) is 46.5 Å². The number of rotatable bonds is 9. The van der Waals surface area contributed by atoms with E-state index in [1.807, 2.05) is 36.0 Å². The van der Waals surface area contributed by atoms with E-state index in [0.717, 1.165) is 42.9 Å². The summed E-state index contributed by atoms with van der Waals surface area (Å²) in [4.78, 5) is 21.7. The minimum atomic E-state index is -0.529. The van der Waals surface area contributed by atoms with Crippen LogP contribution in [0.2, 0.25) is 5.02 Å². The summed E-state index contributed by atoms with van der Waals surface area (Å²) < 4.78 is 0. The molecule has 1 rings (SSSR count). The number of nitrogens with zero attached hydrogens (tertiary/aromatic N) is 1. The molecule has 104 valence electrons. The Morgan fingerprint density at radius 3 is 2.37 bits per heavy atom. The van der Waals surface area contributed by atoms with Crippen molar-refractivity contribution in [1.82, 2.24) is 0 Å². The first kappa shape index (κ1) is 16.2. The van der Waals surface area contributed by atoms with Crippen LogP contribution in [0.1, 0.15) is 38.5 Å². The lowest BCUT2D eigenvalue weighted by molar-refractivity contribution is -0.118. The monoisotopic (exact) mass is 299 g/mol. The van der Waals surface area contributed by atoms with Crippen molar-refractivity contribution in [3.05, 3.63) is 34.2 Å². The summed E-state index contributed by atoms with van der Waals surface area (Å²) in [5, 5.41) is 3.14. The van der Waals surface area contributed by atoms with Crippen molar-refractivity contribution < 1.29 is 4.79 Å². The molecular weight excluding hydrogens is 282 g/mol. The molecular formula is C14H18ClNO2S. The molecule has 0 saturated heterocycles. The molecule has 0 heterocycles. The van der Waals surface area contributed by atoms with Crippen LogP contribution in [0.25, 0.3) is 0 Å². The lowest BCUT2D eigenvalue weighted by Gasteiger charge is -2.02. The highest BCUT2D eigenvalue weighted by Crippen LogP contribution is 2.21. The predicted octanol–water partition coefficient (Wildman–Crippen LogP) is 5.07. The zero-order valence-corrected chi connectivity index (χ0v) is 12.4. The van der Waals surface area contributed by atoms with Gasteiger partial charge < -0.3 is 0 Å². The van der Waals surface area contributed by atoms with Gasteiger partial charge in [-0.1, -0.05) is 30.9 Å². The Labute approximate surface area is 123 Å². The molecule has 19 heavy (non-hydrogen) atoms. The van der Waals surface area contributed by atoms with Crippen molar-refractivity contribution in [3.63, 3.8) is 0 Å². The van der Waals surface area contributed by atoms with Crippen molar-refractivity contribution in [2.24, 2.45) is 5.18 Å². The van der Waals surface area contributed by atoms with Crippen molar-refractivity contribution >= 4 is 29.3 Å². The minimum Gasteiger partial charge on any atom is -0.269 e. The van der Waals surface area contributed by atoms with Crippen molar-refractivity contribution in [3.8, 4) is 0 Å². The molecule has 0 bridgehead atoms. The summed E-state index contributed by atoms with van der Waals surface area (Å²) in [5.74, 6) is 0.564. The number of thioether (sulfide) groups is 1. The van der Waals surface area contributed by atoms with Crippen LogP contribution in [-0.4, -0.2) is 11.7 Å². The fourth-order valence-electron chi connectivity index (χ4n) is 1.68. The average molecular weight is 300 g/mol. The molecule has 0 spiro atoms. The van der Waals surface area contributed by atoms with E-state index in [0.29, 0.717) is 6.42 Å². The molecule has 0 fully saturated rings. The number of halogens is 1. The third-order valence-corrected chi connectivity index (χ3v) is 4.07. The second-order valence-electron chi connectivity index (χ2n) is 4.31. The molecule has 0 saturated carbocycles.